The number of hydrogen-bond donors (Lipinski definition) is 0. The molecule has 30 heavy (non-hydrogen) atoms. The molecule has 1 aliphatic heterocycles. The van der Waals surface area contributed by atoms with Crippen LogP contribution in [0.2, 0.25) is 5.15 Å². The van der Waals surface area contributed by atoms with Gasteiger partial charge in [-0.2, -0.15) is 0 Å². The van der Waals surface area contributed by atoms with Gasteiger partial charge >= 0.3 is 12.1 Å². The molecule has 8 heteroatoms. The van der Waals surface area contributed by atoms with E-state index >= 15 is 0 Å². The van der Waals surface area contributed by atoms with Crippen LogP contribution in [0.4, 0.5) is 9.18 Å². The van der Waals surface area contributed by atoms with Gasteiger partial charge < -0.3 is 14.4 Å². The quantitative estimate of drug-likeness (QED) is 0.477. The zero-order chi connectivity index (χ0) is 22.9. The first-order valence-electron chi connectivity index (χ1n) is 10.2. The van der Waals surface area contributed by atoms with Crippen LogP contribution in [0.25, 0.3) is 0 Å². The summed E-state index contributed by atoms with van der Waals surface area (Å²) in [5, 5.41) is -0.230. The van der Waals surface area contributed by atoms with Gasteiger partial charge in [-0.15, -0.1) is 0 Å². The van der Waals surface area contributed by atoms with Gasteiger partial charge in [0.2, 0.25) is 0 Å². The summed E-state index contributed by atoms with van der Waals surface area (Å²) in [6.07, 6.45) is 0.588. The third-order valence-corrected chi connectivity index (χ3v) is 5.15. The highest BCUT2D eigenvalue weighted by molar-refractivity contribution is 6.29. The number of ether oxygens (including phenoxy) is 2. The molecule has 0 spiro atoms. The van der Waals surface area contributed by atoms with Crippen molar-refractivity contribution in [2.45, 2.75) is 85.0 Å². The Morgan fingerprint density at radius 3 is 2.30 bits per heavy atom. The van der Waals surface area contributed by atoms with E-state index in [2.05, 4.69) is 4.98 Å². The Hall–Kier alpha value is -1.89. The number of likely N-dealkylation sites (tertiary alicyclic amines) is 1. The second kappa shape index (κ2) is 8.69. The number of hydrogen-bond acceptors (Lipinski definition) is 5. The molecule has 0 unspecified atom stereocenters. The molecule has 0 saturated carbocycles. The Morgan fingerprint density at radius 2 is 1.80 bits per heavy atom. The number of esters is 1. The smallest absolute Gasteiger partial charge is 0.410 e. The number of carbonyl (C=O) groups excluding carboxylic acids is 2. The second-order valence-corrected chi connectivity index (χ2v) is 10.4. The largest absolute Gasteiger partial charge is 0.460 e. The molecule has 168 valence electrons. The molecule has 0 bridgehead atoms. The average molecular weight is 443 g/mol. The average Bonchev–Trinajstić information content (AvgIpc) is 2.55. The van der Waals surface area contributed by atoms with Gasteiger partial charge in [-0.3, -0.25) is 4.79 Å². The number of aromatic nitrogens is 1. The molecule has 1 saturated heterocycles. The van der Waals surface area contributed by atoms with Crippen molar-refractivity contribution in [1.82, 2.24) is 9.88 Å². The van der Waals surface area contributed by atoms with Crippen LogP contribution in [-0.2, 0) is 20.7 Å². The highest BCUT2D eigenvalue weighted by Gasteiger charge is 2.48. The predicted octanol–water partition coefficient (Wildman–Crippen LogP) is 5.16. The van der Waals surface area contributed by atoms with Crippen LogP contribution < -0.4 is 0 Å². The molecule has 2 rings (SSSR count). The van der Waals surface area contributed by atoms with E-state index in [-0.39, 0.29) is 23.6 Å². The van der Waals surface area contributed by atoms with E-state index in [9.17, 15) is 14.0 Å². The van der Waals surface area contributed by atoms with E-state index in [0.29, 0.717) is 25.1 Å². The summed E-state index contributed by atoms with van der Waals surface area (Å²) in [7, 11) is 0. The molecule has 0 aliphatic carbocycles. The van der Waals surface area contributed by atoms with Crippen molar-refractivity contribution >= 4 is 23.7 Å². The minimum atomic E-state index is -0.903. The Balaban J connectivity index is 2.30. The van der Waals surface area contributed by atoms with Crippen molar-refractivity contribution in [1.29, 1.82) is 0 Å². The molecule has 1 aromatic heterocycles. The van der Waals surface area contributed by atoms with E-state index in [1.54, 1.807) is 4.90 Å². The van der Waals surface area contributed by atoms with Gasteiger partial charge in [0, 0.05) is 24.7 Å². The third kappa shape index (κ3) is 6.30. The molecule has 1 aliphatic rings. The van der Waals surface area contributed by atoms with Crippen LogP contribution in [-0.4, -0.2) is 45.7 Å². The number of pyridine rings is 1. The van der Waals surface area contributed by atoms with Crippen LogP contribution >= 0.6 is 11.6 Å². The molecule has 2 atom stereocenters. The lowest BCUT2D eigenvalue weighted by atomic mass is 9.72. The minimum absolute atomic E-state index is 0.230. The zero-order valence-corrected chi connectivity index (χ0v) is 19.6. The molecule has 1 fully saturated rings. The molecule has 0 aromatic carbocycles. The fourth-order valence-electron chi connectivity index (χ4n) is 3.63. The Labute approximate surface area is 183 Å². The molecule has 1 amide bonds. The molecular weight excluding hydrogens is 411 g/mol. The van der Waals surface area contributed by atoms with Crippen molar-refractivity contribution in [3.05, 3.63) is 28.8 Å². The summed E-state index contributed by atoms with van der Waals surface area (Å²) in [6.45, 7) is 13.1. The predicted molar refractivity (Wildman–Crippen MR) is 113 cm³/mol. The topological polar surface area (TPSA) is 68.7 Å². The maximum absolute atomic E-state index is 13.5. The van der Waals surface area contributed by atoms with E-state index < -0.39 is 28.5 Å². The normalized spacial score (nSPS) is 22.6. The Bertz CT molecular complexity index is 803. The summed E-state index contributed by atoms with van der Waals surface area (Å²) in [5.41, 5.74) is -1.67. The number of carbonyl (C=O) groups is 2. The number of rotatable bonds is 3. The van der Waals surface area contributed by atoms with Gasteiger partial charge in [-0.05, 0) is 73.4 Å². The van der Waals surface area contributed by atoms with Gasteiger partial charge in [-0.25, -0.2) is 14.2 Å². The lowest BCUT2D eigenvalue weighted by molar-refractivity contribution is -0.172. The molecule has 0 N–H and O–H groups in total. The SMILES string of the molecule is C[C@@H]1C[C@](Cc2ccc(F)c(Cl)n2)(C(=O)OC(C)(C)C)CCN1C(=O)OC(C)(C)C. The van der Waals surface area contributed by atoms with Crippen molar-refractivity contribution in [3.63, 3.8) is 0 Å². The number of nitrogens with zero attached hydrogens (tertiary/aromatic N) is 2. The maximum Gasteiger partial charge on any atom is 0.410 e. The van der Waals surface area contributed by atoms with Gasteiger partial charge in [0.25, 0.3) is 0 Å². The summed E-state index contributed by atoms with van der Waals surface area (Å²) >= 11 is 5.85. The molecule has 1 aromatic rings. The molecule has 0 radical (unpaired) electrons. The van der Waals surface area contributed by atoms with Crippen LogP contribution in [0.3, 0.4) is 0 Å². The van der Waals surface area contributed by atoms with Crippen molar-refractivity contribution in [3.8, 4) is 0 Å². The first-order chi connectivity index (χ1) is 13.6. The van der Waals surface area contributed by atoms with Gasteiger partial charge in [0.05, 0.1) is 5.41 Å². The standard InChI is InChI=1S/C22H32ClFN2O4/c1-14-12-22(18(27)29-20(2,3)4,13-15-8-9-16(24)17(23)25-15)10-11-26(14)19(28)30-21(5,6)7/h8-9,14H,10-13H2,1-7H3/t14-,22-/m1/s1. The highest BCUT2D eigenvalue weighted by Crippen LogP contribution is 2.40. The fourth-order valence-corrected chi connectivity index (χ4v) is 3.80. The first kappa shape index (κ1) is 24.4. The number of halogens is 2. The lowest BCUT2D eigenvalue weighted by Crippen LogP contribution is -2.54. The fraction of sp³-hybridized carbons (Fsp3) is 0.682. The maximum atomic E-state index is 13.5. The van der Waals surface area contributed by atoms with Crippen molar-refractivity contribution in [2.24, 2.45) is 5.41 Å². The molecular formula is C22H32ClFN2O4. The van der Waals surface area contributed by atoms with E-state index in [4.69, 9.17) is 21.1 Å². The van der Waals surface area contributed by atoms with E-state index in [1.165, 1.54) is 12.1 Å². The van der Waals surface area contributed by atoms with Crippen LogP contribution in [0, 0.1) is 11.2 Å². The van der Waals surface area contributed by atoms with E-state index in [1.807, 2.05) is 48.5 Å². The number of amides is 1. The van der Waals surface area contributed by atoms with Crippen molar-refractivity contribution in [2.75, 3.05) is 6.54 Å². The van der Waals surface area contributed by atoms with Crippen LogP contribution in [0.15, 0.2) is 12.1 Å². The Kier molecular flexibility index (Phi) is 7.06. The minimum Gasteiger partial charge on any atom is -0.460 e. The van der Waals surface area contributed by atoms with E-state index in [0.717, 1.165) is 0 Å². The second-order valence-electron chi connectivity index (χ2n) is 10.0. The molecule has 2 heterocycles. The molecule has 6 nitrogen and oxygen atoms in total. The number of piperidine rings is 1. The summed E-state index contributed by atoms with van der Waals surface area (Å²) in [5.74, 6) is -0.965. The van der Waals surface area contributed by atoms with Crippen LogP contribution in [0.1, 0.15) is 67.0 Å². The first-order valence-corrected chi connectivity index (χ1v) is 10.5. The lowest BCUT2D eigenvalue weighted by Gasteiger charge is -2.44. The summed E-state index contributed by atoms with van der Waals surface area (Å²) < 4.78 is 24.8. The Morgan fingerprint density at radius 1 is 1.20 bits per heavy atom. The summed E-state index contributed by atoms with van der Waals surface area (Å²) in [4.78, 5) is 31.6. The third-order valence-electron chi connectivity index (χ3n) is 4.89. The van der Waals surface area contributed by atoms with Gasteiger partial charge in [0.15, 0.2) is 11.0 Å². The highest BCUT2D eigenvalue weighted by atomic mass is 35.5. The van der Waals surface area contributed by atoms with Crippen molar-refractivity contribution < 1.29 is 23.5 Å². The zero-order valence-electron chi connectivity index (χ0n) is 18.8. The van der Waals surface area contributed by atoms with Crippen LogP contribution in [0.5, 0.6) is 0 Å². The monoisotopic (exact) mass is 442 g/mol. The van der Waals surface area contributed by atoms with Gasteiger partial charge in [-0.1, -0.05) is 11.6 Å². The van der Waals surface area contributed by atoms with Gasteiger partial charge in [0.1, 0.15) is 11.2 Å². The summed E-state index contributed by atoms with van der Waals surface area (Å²) in [6, 6.07) is 2.52.